The average Bonchev–Trinajstić information content (AvgIpc) is 3.55. The van der Waals surface area contributed by atoms with Gasteiger partial charge in [0.05, 0.1) is 28.4 Å². The molecule has 0 spiro atoms. The van der Waals surface area contributed by atoms with Gasteiger partial charge < -0.3 is 29.2 Å². The Bertz CT molecular complexity index is 897. The van der Waals surface area contributed by atoms with Crippen molar-refractivity contribution >= 4 is 0 Å². The molecule has 2 aliphatic carbocycles. The van der Waals surface area contributed by atoms with Gasteiger partial charge in [-0.3, -0.25) is 0 Å². The zero-order chi connectivity index (χ0) is 24.1. The van der Waals surface area contributed by atoms with Crippen LogP contribution < -0.4 is 29.2 Å². The molecule has 2 aromatic carbocycles. The van der Waals surface area contributed by atoms with Crippen LogP contribution in [0.2, 0.25) is 0 Å². The first kappa shape index (κ1) is 26.3. The summed E-state index contributed by atoms with van der Waals surface area (Å²) in [7, 11) is 5.82. The van der Waals surface area contributed by atoms with Gasteiger partial charge in [0, 0.05) is 0 Å². The standard InChI is InChI=1S/2C8H10O3.2C5H5.Zr/c2*1-10-6-4-3-5-7(11-2)8(6)9;2*1-2-4-5-3-1;/h2*3-5,9H,1-2H3;2*1-3H,4H2;/q;;;;+2/p-2. The predicted molar refractivity (Wildman–Crippen MR) is 122 cm³/mol. The minimum atomic E-state index is -0.312. The molecule has 0 saturated heterocycles. The Morgan fingerprint density at radius 1 is 0.606 bits per heavy atom. The van der Waals surface area contributed by atoms with Gasteiger partial charge in [-0.25, -0.2) is 0 Å². The Morgan fingerprint density at radius 2 is 0.939 bits per heavy atom. The van der Waals surface area contributed by atoms with Crippen molar-refractivity contribution in [1.29, 1.82) is 0 Å². The summed E-state index contributed by atoms with van der Waals surface area (Å²) in [5, 5.41) is 22.4. The van der Waals surface area contributed by atoms with Crippen molar-refractivity contribution in [2.24, 2.45) is 0 Å². The molecule has 0 aliphatic heterocycles. The molecule has 0 saturated carbocycles. The number of hydrogen-bond acceptors (Lipinski definition) is 6. The molecular formula is C26H28O6Zr. The Balaban J connectivity index is 0.000000175. The van der Waals surface area contributed by atoms with Gasteiger partial charge in [-0.15, -0.1) is 0 Å². The molecule has 33 heavy (non-hydrogen) atoms. The first-order valence-corrected chi connectivity index (χ1v) is 12.7. The first-order chi connectivity index (χ1) is 16.0. The van der Waals surface area contributed by atoms with Crippen LogP contribution in [-0.2, 0) is 23.2 Å². The van der Waals surface area contributed by atoms with Crippen molar-refractivity contribution in [3.63, 3.8) is 0 Å². The summed E-state index contributed by atoms with van der Waals surface area (Å²) in [5.41, 5.74) is 0. The summed E-state index contributed by atoms with van der Waals surface area (Å²) >= 11 is -0.312. The predicted octanol–water partition coefficient (Wildman–Crippen LogP) is 4.31. The minimum Gasteiger partial charge on any atom is -0.867 e. The van der Waals surface area contributed by atoms with Crippen LogP contribution in [0.25, 0.3) is 0 Å². The molecule has 6 nitrogen and oxygen atoms in total. The van der Waals surface area contributed by atoms with Gasteiger partial charge in [0.2, 0.25) is 0 Å². The molecule has 2 aromatic rings. The van der Waals surface area contributed by atoms with Crippen molar-refractivity contribution in [2.45, 2.75) is 12.8 Å². The van der Waals surface area contributed by atoms with Gasteiger partial charge in [-0.2, -0.15) is 0 Å². The third kappa shape index (κ3) is 8.17. The SMILES string of the molecule is C1=CC[C]([Zr+2][C]2=CC=CC2)=C1.COc1cccc(OC)c1[O-].COc1cccc(OC)c1[O-]. The largest absolute Gasteiger partial charge is 0.867 e. The van der Waals surface area contributed by atoms with Gasteiger partial charge in [-0.1, -0.05) is 12.1 Å². The molecule has 0 amide bonds. The van der Waals surface area contributed by atoms with Crippen LogP contribution >= 0.6 is 0 Å². The number of benzene rings is 2. The number of para-hydroxylation sites is 2. The fourth-order valence-electron chi connectivity index (χ4n) is 2.92. The maximum atomic E-state index is 11.2. The van der Waals surface area contributed by atoms with E-state index in [1.54, 1.807) is 43.0 Å². The van der Waals surface area contributed by atoms with E-state index in [2.05, 4.69) is 36.5 Å². The van der Waals surface area contributed by atoms with Crippen LogP contribution in [0, 0.1) is 0 Å². The second-order valence-electron chi connectivity index (χ2n) is 6.76. The number of rotatable bonds is 6. The third-order valence-electron chi connectivity index (χ3n) is 4.63. The van der Waals surface area contributed by atoms with Crippen LogP contribution in [0.3, 0.4) is 0 Å². The molecule has 0 heterocycles. The fraction of sp³-hybridized carbons (Fsp3) is 0.231. The number of ether oxygens (including phenoxy) is 4. The second-order valence-corrected chi connectivity index (χ2v) is 10.5. The quantitative estimate of drug-likeness (QED) is 0.557. The van der Waals surface area contributed by atoms with E-state index in [9.17, 15) is 10.2 Å². The zero-order valence-electron chi connectivity index (χ0n) is 19.3. The molecule has 0 radical (unpaired) electrons. The molecule has 0 aromatic heterocycles. The van der Waals surface area contributed by atoms with Crippen molar-refractivity contribution < 1.29 is 52.4 Å². The normalized spacial score (nSPS) is 12.8. The van der Waals surface area contributed by atoms with E-state index in [4.69, 9.17) is 18.9 Å². The molecule has 4 rings (SSSR count). The average molecular weight is 528 g/mol. The summed E-state index contributed by atoms with van der Waals surface area (Å²) in [4.78, 5) is 0. The molecule has 0 fully saturated rings. The maximum Gasteiger partial charge on any atom is 0.114 e. The summed E-state index contributed by atoms with van der Waals surface area (Å²) in [6, 6.07) is 9.82. The smallest absolute Gasteiger partial charge is 0.114 e. The Hall–Kier alpha value is -2.92. The Morgan fingerprint density at radius 3 is 1.18 bits per heavy atom. The zero-order valence-corrected chi connectivity index (χ0v) is 21.7. The van der Waals surface area contributed by atoms with Crippen molar-refractivity contribution in [3.05, 3.63) is 79.4 Å². The van der Waals surface area contributed by atoms with E-state index in [1.807, 2.05) is 0 Å². The molecule has 0 unspecified atom stereocenters. The van der Waals surface area contributed by atoms with Crippen LogP contribution in [0.15, 0.2) is 79.4 Å². The van der Waals surface area contributed by atoms with Crippen LogP contribution in [0.5, 0.6) is 34.5 Å². The van der Waals surface area contributed by atoms with Gasteiger partial charge in [-0.05, 0) is 35.8 Å². The number of allylic oxidation sites excluding steroid dienone is 8. The molecule has 0 N–H and O–H groups in total. The maximum absolute atomic E-state index is 11.2. The van der Waals surface area contributed by atoms with Crippen LogP contribution in [0.1, 0.15) is 12.8 Å². The van der Waals surface area contributed by atoms with E-state index in [-0.39, 0.29) is 34.7 Å². The van der Waals surface area contributed by atoms with Crippen molar-refractivity contribution in [1.82, 2.24) is 0 Å². The Labute approximate surface area is 207 Å². The molecule has 172 valence electrons. The third-order valence-corrected chi connectivity index (χ3v) is 8.03. The molecule has 0 atom stereocenters. The van der Waals surface area contributed by atoms with E-state index in [0.29, 0.717) is 23.0 Å². The monoisotopic (exact) mass is 526 g/mol. The minimum absolute atomic E-state index is 0.211. The van der Waals surface area contributed by atoms with E-state index >= 15 is 0 Å². The molecule has 0 bridgehead atoms. The van der Waals surface area contributed by atoms with Gasteiger partial charge in [0.1, 0.15) is 23.0 Å². The van der Waals surface area contributed by atoms with Crippen LogP contribution in [0.4, 0.5) is 0 Å². The molecular weight excluding hydrogens is 500 g/mol. The topological polar surface area (TPSA) is 83.0 Å². The Kier molecular flexibility index (Phi) is 11.4. The number of hydrogen-bond donors (Lipinski definition) is 0. The molecule has 7 heteroatoms. The van der Waals surface area contributed by atoms with Crippen molar-refractivity contribution in [3.8, 4) is 34.5 Å². The first-order valence-electron chi connectivity index (χ1n) is 10.3. The van der Waals surface area contributed by atoms with E-state index in [1.165, 1.54) is 41.3 Å². The van der Waals surface area contributed by atoms with E-state index < -0.39 is 0 Å². The van der Waals surface area contributed by atoms with Crippen LogP contribution in [-0.4, -0.2) is 28.4 Å². The second kappa shape index (κ2) is 14.3. The molecule has 2 aliphatic rings. The number of methoxy groups -OCH3 is 4. The summed E-state index contributed by atoms with van der Waals surface area (Å²) in [6.07, 6.45) is 16.0. The fourth-order valence-corrected chi connectivity index (χ4v) is 5.90. The van der Waals surface area contributed by atoms with E-state index in [0.717, 1.165) is 0 Å². The van der Waals surface area contributed by atoms with Gasteiger partial charge in [0.15, 0.2) is 0 Å². The summed E-state index contributed by atoms with van der Waals surface area (Å²) in [5.74, 6) is 0.817. The summed E-state index contributed by atoms with van der Waals surface area (Å²) in [6.45, 7) is 0. The summed E-state index contributed by atoms with van der Waals surface area (Å²) < 4.78 is 22.6. The van der Waals surface area contributed by atoms with Crippen molar-refractivity contribution in [2.75, 3.05) is 28.4 Å². The van der Waals surface area contributed by atoms with Gasteiger partial charge in [0.25, 0.3) is 0 Å². The van der Waals surface area contributed by atoms with Gasteiger partial charge >= 0.3 is 79.1 Å².